The number of aliphatic imine (C=N–C) groups is 1. The molecule has 2 rings (SSSR count). The zero-order valence-corrected chi connectivity index (χ0v) is 11.5. The van der Waals surface area contributed by atoms with E-state index in [1.54, 1.807) is 12.1 Å². The molecule has 0 aromatic heterocycles. The van der Waals surface area contributed by atoms with Gasteiger partial charge >= 0.3 is 0 Å². The van der Waals surface area contributed by atoms with E-state index in [-0.39, 0.29) is 0 Å². The standard InChI is InChI=1S/C16H15ClN2/c1-3-19-16(13-7-5-4-6-11(13)2)14-10-12(18)8-9-15(14)17/h3-10H,1,18H2,2H3. The van der Waals surface area contributed by atoms with Crippen LogP contribution in [0.5, 0.6) is 0 Å². The van der Waals surface area contributed by atoms with Gasteiger partial charge < -0.3 is 5.73 Å². The van der Waals surface area contributed by atoms with E-state index >= 15 is 0 Å². The van der Waals surface area contributed by atoms with E-state index in [0.29, 0.717) is 10.7 Å². The molecule has 0 aliphatic carbocycles. The molecule has 96 valence electrons. The number of aryl methyl sites for hydroxylation is 1. The third-order valence-corrected chi connectivity index (χ3v) is 3.20. The van der Waals surface area contributed by atoms with Gasteiger partial charge in [0.05, 0.1) is 10.7 Å². The van der Waals surface area contributed by atoms with E-state index in [0.717, 1.165) is 22.4 Å². The first-order chi connectivity index (χ1) is 9.13. The lowest BCUT2D eigenvalue weighted by Crippen LogP contribution is -2.06. The molecule has 0 unspecified atom stereocenters. The average molecular weight is 271 g/mol. The van der Waals surface area contributed by atoms with Gasteiger partial charge in [0.1, 0.15) is 0 Å². The predicted molar refractivity (Wildman–Crippen MR) is 82.9 cm³/mol. The predicted octanol–water partition coefficient (Wildman–Crippen LogP) is 4.21. The quantitative estimate of drug-likeness (QED) is 0.658. The van der Waals surface area contributed by atoms with Crippen molar-refractivity contribution in [1.29, 1.82) is 0 Å². The number of hydrogen-bond acceptors (Lipinski definition) is 2. The van der Waals surface area contributed by atoms with Gasteiger partial charge in [-0.15, -0.1) is 0 Å². The molecule has 0 atom stereocenters. The number of nitrogens with zero attached hydrogens (tertiary/aromatic N) is 1. The summed E-state index contributed by atoms with van der Waals surface area (Å²) in [6.07, 6.45) is 1.52. The van der Waals surface area contributed by atoms with Crippen molar-refractivity contribution >= 4 is 23.0 Å². The third-order valence-electron chi connectivity index (χ3n) is 2.87. The van der Waals surface area contributed by atoms with Gasteiger partial charge in [-0.2, -0.15) is 0 Å². The summed E-state index contributed by atoms with van der Waals surface area (Å²) in [4.78, 5) is 4.37. The Bertz CT molecular complexity index is 645. The van der Waals surface area contributed by atoms with Crippen LogP contribution in [0.25, 0.3) is 0 Å². The lowest BCUT2D eigenvalue weighted by molar-refractivity contribution is 1.41. The minimum absolute atomic E-state index is 0.623. The van der Waals surface area contributed by atoms with Gasteiger partial charge in [0.15, 0.2) is 0 Å². The molecule has 0 aliphatic rings. The number of rotatable bonds is 3. The summed E-state index contributed by atoms with van der Waals surface area (Å²) in [5.74, 6) is 0. The average Bonchev–Trinajstić information content (AvgIpc) is 2.40. The molecule has 0 fully saturated rings. The van der Waals surface area contributed by atoms with Crippen LogP contribution < -0.4 is 5.73 Å². The van der Waals surface area contributed by atoms with Gasteiger partial charge in [0, 0.05) is 23.0 Å². The van der Waals surface area contributed by atoms with Crippen LogP contribution in [0.1, 0.15) is 16.7 Å². The first-order valence-electron chi connectivity index (χ1n) is 5.93. The van der Waals surface area contributed by atoms with Crippen LogP contribution in [0, 0.1) is 6.92 Å². The largest absolute Gasteiger partial charge is 0.399 e. The van der Waals surface area contributed by atoms with E-state index in [2.05, 4.69) is 11.6 Å². The summed E-state index contributed by atoms with van der Waals surface area (Å²) in [5.41, 5.74) is 10.2. The van der Waals surface area contributed by atoms with Crippen LogP contribution >= 0.6 is 11.6 Å². The lowest BCUT2D eigenvalue weighted by atomic mass is 9.98. The Morgan fingerprint density at radius 1 is 1.21 bits per heavy atom. The Morgan fingerprint density at radius 3 is 2.63 bits per heavy atom. The fraction of sp³-hybridized carbons (Fsp3) is 0.0625. The SMILES string of the molecule is C=CN=C(c1ccccc1C)c1cc(N)ccc1Cl. The highest BCUT2D eigenvalue weighted by atomic mass is 35.5. The molecule has 0 amide bonds. The molecule has 0 radical (unpaired) electrons. The molecule has 2 N–H and O–H groups in total. The second-order valence-electron chi connectivity index (χ2n) is 4.21. The van der Waals surface area contributed by atoms with Crippen molar-refractivity contribution in [3.8, 4) is 0 Å². The highest BCUT2D eigenvalue weighted by Gasteiger charge is 2.12. The summed E-state index contributed by atoms with van der Waals surface area (Å²) >= 11 is 6.26. The van der Waals surface area contributed by atoms with Crippen LogP contribution in [-0.4, -0.2) is 5.71 Å². The summed E-state index contributed by atoms with van der Waals surface area (Å²) in [5, 5.41) is 0.623. The van der Waals surface area contributed by atoms with Crippen LogP contribution in [0.2, 0.25) is 5.02 Å². The number of anilines is 1. The Kier molecular flexibility index (Phi) is 4.03. The molecule has 0 aliphatic heterocycles. The molecule has 0 heterocycles. The highest BCUT2D eigenvalue weighted by molar-refractivity contribution is 6.35. The molecule has 0 bridgehead atoms. The van der Waals surface area contributed by atoms with Crippen molar-refractivity contribution in [2.24, 2.45) is 4.99 Å². The van der Waals surface area contributed by atoms with E-state index < -0.39 is 0 Å². The van der Waals surface area contributed by atoms with E-state index in [4.69, 9.17) is 17.3 Å². The molecular weight excluding hydrogens is 256 g/mol. The summed E-state index contributed by atoms with van der Waals surface area (Å²) < 4.78 is 0. The lowest BCUT2D eigenvalue weighted by Gasteiger charge is -2.11. The first kappa shape index (κ1) is 13.4. The fourth-order valence-corrected chi connectivity index (χ4v) is 2.15. The maximum absolute atomic E-state index is 6.26. The zero-order valence-electron chi connectivity index (χ0n) is 10.7. The van der Waals surface area contributed by atoms with Gasteiger partial charge in [-0.05, 0) is 30.7 Å². The Morgan fingerprint density at radius 2 is 1.95 bits per heavy atom. The minimum atomic E-state index is 0.623. The van der Waals surface area contributed by atoms with Gasteiger partial charge in [-0.1, -0.05) is 42.4 Å². The molecule has 2 nitrogen and oxygen atoms in total. The topological polar surface area (TPSA) is 38.4 Å². The second kappa shape index (κ2) is 5.72. The Hall–Kier alpha value is -2.06. The second-order valence-corrected chi connectivity index (χ2v) is 4.62. The number of nitrogen functional groups attached to an aromatic ring is 1. The van der Waals surface area contributed by atoms with Gasteiger partial charge in [0.2, 0.25) is 0 Å². The number of hydrogen-bond donors (Lipinski definition) is 1. The summed E-state index contributed by atoms with van der Waals surface area (Å²) in [6.45, 7) is 5.71. The zero-order chi connectivity index (χ0) is 13.8. The fourth-order valence-electron chi connectivity index (χ4n) is 1.94. The van der Waals surface area contributed by atoms with Gasteiger partial charge in [-0.3, -0.25) is 4.99 Å². The van der Waals surface area contributed by atoms with Crippen LogP contribution in [-0.2, 0) is 0 Å². The summed E-state index contributed by atoms with van der Waals surface area (Å²) in [6, 6.07) is 13.4. The highest BCUT2D eigenvalue weighted by Crippen LogP contribution is 2.24. The molecule has 2 aromatic carbocycles. The van der Waals surface area contributed by atoms with Gasteiger partial charge in [-0.25, -0.2) is 0 Å². The minimum Gasteiger partial charge on any atom is -0.399 e. The molecular formula is C16H15ClN2. The van der Waals surface area contributed by atoms with Crippen molar-refractivity contribution in [1.82, 2.24) is 0 Å². The van der Waals surface area contributed by atoms with Crippen molar-refractivity contribution < 1.29 is 0 Å². The first-order valence-corrected chi connectivity index (χ1v) is 6.31. The number of nitrogens with two attached hydrogens (primary N) is 1. The van der Waals surface area contributed by atoms with E-state index in [1.165, 1.54) is 6.20 Å². The van der Waals surface area contributed by atoms with Crippen molar-refractivity contribution in [2.75, 3.05) is 5.73 Å². The van der Waals surface area contributed by atoms with Crippen molar-refractivity contribution in [2.45, 2.75) is 6.92 Å². The Balaban J connectivity index is 2.66. The summed E-state index contributed by atoms with van der Waals surface area (Å²) in [7, 11) is 0. The smallest absolute Gasteiger partial charge is 0.0792 e. The van der Waals surface area contributed by atoms with Gasteiger partial charge in [0.25, 0.3) is 0 Å². The molecule has 0 spiro atoms. The van der Waals surface area contributed by atoms with Crippen molar-refractivity contribution in [3.63, 3.8) is 0 Å². The van der Waals surface area contributed by atoms with Crippen LogP contribution in [0.4, 0.5) is 5.69 Å². The number of halogens is 1. The van der Waals surface area contributed by atoms with Crippen LogP contribution in [0.3, 0.4) is 0 Å². The monoisotopic (exact) mass is 270 g/mol. The number of benzene rings is 2. The molecule has 2 aromatic rings. The van der Waals surface area contributed by atoms with Crippen LogP contribution in [0.15, 0.2) is 60.2 Å². The molecule has 3 heteroatoms. The maximum Gasteiger partial charge on any atom is 0.0792 e. The maximum atomic E-state index is 6.26. The van der Waals surface area contributed by atoms with Crippen molar-refractivity contribution in [3.05, 3.63) is 77.0 Å². The normalized spacial score (nSPS) is 11.4. The van der Waals surface area contributed by atoms with E-state index in [9.17, 15) is 0 Å². The molecule has 0 saturated heterocycles. The van der Waals surface area contributed by atoms with E-state index in [1.807, 2.05) is 37.3 Å². The third kappa shape index (κ3) is 2.85. The molecule has 19 heavy (non-hydrogen) atoms. The molecule has 0 saturated carbocycles. The Labute approximate surface area is 118 Å².